The molecule has 0 unspecified atom stereocenters. The molecule has 6 heteroatoms. The van der Waals surface area contributed by atoms with Crippen molar-refractivity contribution in [2.75, 3.05) is 19.6 Å². The van der Waals surface area contributed by atoms with Crippen LogP contribution in [-0.4, -0.2) is 0 Å². The number of furan rings is 2. The third-order valence-corrected chi connectivity index (χ3v) is 27.3. The lowest BCUT2D eigenvalue weighted by atomic mass is 9.93. The summed E-state index contributed by atoms with van der Waals surface area (Å²) in [5.74, 6) is 0. The van der Waals surface area contributed by atoms with Gasteiger partial charge < -0.3 is 28.4 Å². The van der Waals surface area contributed by atoms with Gasteiger partial charge in [0.25, 0.3) is 0 Å². The van der Waals surface area contributed by atoms with E-state index >= 15 is 0 Å². The summed E-state index contributed by atoms with van der Waals surface area (Å²) >= 11 is 0. The van der Waals surface area contributed by atoms with E-state index in [9.17, 15) is 0 Å². The fourth-order valence-electron chi connectivity index (χ4n) is 20.6. The minimum absolute atomic E-state index is 0.876. The molecule has 0 bridgehead atoms. The largest absolute Gasteiger partial charge is 0.455 e. The molecule has 0 fully saturated rings. The molecule has 0 radical (unpaired) electrons. The van der Waals surface area contributed by atoms with E-state index in [1.165, 1.54) is 76.1 Å². The molecule has 0 atom stereocenters. The fourth-order valence-corrected chi connectivity index (χ4v) is 20.6. The number of para-hydroxylation sites is 4. The molecule has 26 aromatic rings. The second kappa shape index (κ2) is 35.3. The first kappa shape index (κ1) is 81.6. The Morgan fingerprint density at radius 3 is 0.659 bits per heavy atom. The molecule has 24 aromatic carbocycles. The van der Waals surface area contributed by atoms with E-state index in [1.807, 2.05) is 0 Å². The predicted octanol–water partition coefficient (Wildman–Crippen LogP) is 38.0. The van der Waals surface area contributed by atoms with Crippen LogP contribution in [0.25, 0.3) is 175 Å². The van der Waals surface area contributed by atoms with Gasteiger partial charge >= 0.3 is 0 Å². The molecule has 6 nitrogen and oxygen atoms in total. The number of anilines is 12. The van der Waals surface area contributed by atoms with E-state index in [1.54, 1.807) is 0 Å². The quantitative estimate of drug-likeness (QED) is 0.0798. The summed E-state index contributed by atoms with van der Waals surface area (Å²) < 4.78 is 13.9. The van der Waals surface area contributed by atoms with Crippen molar-refractivity contribution in [1.82, 2.24) is 0 Å². The Morgan fingerprint density at radius 1 is 0.123 bits per heavy atom. The second-order valence-corrected chi connectivity index (χ2v) is 35.3. The van der Waals surface area contributed by atoms with Crippen LogP contribution in [0, 0.1) is 0 Å². The average molecular weight is 1760 g/mol. The zero-order chi connectivity index (χ0) is 91.4. The molecule has 0 aliphatic carbocycles. The Bertz CT molecular complexity index is 9000. The van der Waals surface area contributed by atoms with E-state index in [0.717, 1.165) is 167 Å². The van der Waals surface area contributed by atoms with Gasteiger partial charge in [-0.25, -0.2) is 0 Å². The van der Waals surface area contributed by atoms with Gasteiger partial charge in [0.1, 0.15) is 22.3 Å². The van der Waals surface area contributed by atoms with Crippen LogP contribution >= 0.6 is 0 Å². The van der Waals surface area contributed by atoms with Gasteiger partial charge in [-0.05, 0) is 292 Å². The summed E-state index contributed by atoms with van der Waals surface area (Å²) in [4.78, 5) is 9.33. The van der Waals surface area contributed by atoms with E-state index < -0.39 is 0 Å². The fraction of sp³-hybridized carbons (Fsp3) is 0. The van der Waals surface area contributed by atoms with Crippen molar-refractivity contribution in [3.63, 3.8) is 0 Å². The smallest absolute Gasteiger partial charge is 0.143 e. The molecular weight excluding hydrogens is 1670 g/mol. The monoisotopic (exact) mass is 1760 g/mol. The van der Waals surface area contributed by atoms with Crippen molar-refractivity contribution in [1.29, 1.82) is 0 Å². The van der Waals surface area contributed by atoms with E-state index in [4.69, 9.17) is 8.83 Å². The highest BCUT2D eigenvalue weighted by atomic mass is 16.3. The van der Waals surface area contributed by atoms with Crippen molar-refractivity contribution >= 4 is 177 Å². The number of rotatable bonds is 18. The molecule has 26 rings (SSSR count). The number of hydrogen-bond acceptors (Lipinski definition) is 6. The van der Waals surface area contributed by atoms with Crippen molar-refractivity contribution in [3.05, 3.63) is 534 Å². The van der Waals surface area contributed by atoms with Crippen molar-refractivity contribution in [2.24, 2.45) is 0 Å². The minimum atomic E-state index is 0.876. The predicted molar refractivity (Wildman–Crippen MR) is 584 cm³/mol. The lowest BCUT2D eigenvalue weighted by Crippen LogP contribution is -2.10. The summed E-state index contributed by atoms with van der Waals surface area (Å²) in [6.07, 6.45) is 0. The van der Waals surface area contributed by atoms with Gasteiger partial charge in [-0.2, -0.15) is 0 Å². The minimum Gasteiger partial charge on any atom is -0.455 e. The molecule has 0 saturated carbocycles. The first-order valence-corrected chi connectivity index (χ1v) is 47.1. The normalized spacial score (nSPS) is 11.5. The summed E-state index contributed by atoms with van der Waals surface area (Å²) in [6, 6.07) is 192. The van der Waals surface area contributed by atoms with E-state index in [2.05, 4.69) is 553 Å². The van der Waals surface area contributed by atoms with Gasteiger partial charge in [0.2, 0.25) is 0 Å². The molecule has 0 N–H and O–H groups in total. The molecule has 0 spiro atoms. The van der Waals surface area contributed by atoms with E-state index in [-0.39, 0.29) is 0 Å². The van der Waals surface area contributed by atoms with Crippen LogP contribution in [0.4, 0.5) is 68.2 Å². The van der Waals surface area contributed by atoms with Gasteiger partial charge in [0, 0.05) is 100.0 Å². The van der Waals surface area contributed by atoms with Gasteiger partial charge in [-0.1, -0.05) is 352 Å². The van der Waals surface area contributed by atoms with Crippen molar-refractivity contribution in [2.45, 2.75) is 0 Å². The molecule has 138 heavy (non-hydrogen) atoms. The van der Waals surface area contributed by atoms with E-state index in [0.29, 0.717) is 0 Å². The van der Waals surface area contributed by atoms with Crippen LogP contribution in [0.3, 0.4) is 0 Å². The highest BCUT2D eigenvalue weighted by molar-refractivity contribution is 6.32. The molecule has 648 valence electrons. The average Bonchev–Trinajstić information content (AvgIpc) is 1.54. The maximum atomic E-state index is 6.95. The molecule has 2 aromatic heterocycles. The van der Waals surface area contributed by atoms with Crippen LogP contribution in [-0.2, 0) is 0 Å². The molecule has 2 heterocycles. The third-order valence-electron chi connectivity index (χ3n) is 27.3. The first-order valence-electron chi connectivity index (χ1n) is 47.1. The summed E-state index contributed by atoms with van der Waals surface area (Å²) in [5.41, 5.74) is 30.8. The maximum Gasteiger partial charge on any atom is 0.143 e. The standard InChI is InChI=1S/C68H46N2O.C64H42N2O/c1-5-15-47(16-6-1)49-25-35-57(36-26-49)69(55-19-9-3-10-20-55)59-39-29-51(30-40-59)53-33-43-63-65(45-53)61-23-13-14-24-62(61)67-64-44-34-54(46-66(64)71-68(63)67)52-31-41-60(42-32-52)70(56-21-11-4-12-22-56)58-37-27-50(28-38-58)48-17-7-2-8-18-48;1-3-19-49(20-4-1)65(60-27-13-17-45-15-7-9-23-53(45)60)51-35-29-43(30-36-51)47-33-39-57-59(41-47)55-25-11-12-26-56(55)63-58-40-34-48(42-62(58)67-64(57)63)44-31-37-52(38-32-44)66(50-21-5-2-6-22-50)61-28-14-18-46-16-8-10-24-54(46)61/h1-46H;1-42H. The van der Waals surface area contributed by atoms with Gasteiger partial charge in [-0.15, -0.1) is 0 Å². The lowest BCUT2D eigenvalue weighted by molar-refractivity contribution is 0.672. The topological polar surface area (TPSA) is 39.2 Å². The molecule has 0 saturated heterocycles. The highest BCUT2D eigenvalue weighted by Crippen LogP contribution is 2.50. The molecular formula is C132H88N4O2. The van der Waals surface area contributed by atoms with Gasteiger partial charge in [0.15, 0.2) is 0 Å². The Labute approximate surface area is 800 Å². The Morgan fingerprint density at radius 2 is 0.341 bits per heavy atom. The van der Waals surface area contributed by atoms with Crippen molar-refractivity contribution < 1.29 is 8.83 Å². The van der Waals surface area contributed by atoms with Crippen molar-refractivity contribution in [3.8, 4) is 66.8 Å². The summed E-state index contributed by atoms with van der Waals surface area (Å²) in [5, 5.41) is 18.8. The lowest BCUT2D eigenvalue weighted by Gasteiger charge is -2.27. The van der Waals surface area contributed by atoms with Gasteiger partial charge in [0.05, 0.1) is 11.4 Å². The maximum absolute atomic E-state index is 6.95. The number of nitrogens with zero attached hydrogens (tertiary/aromatic N) is 4. The SMILES string of the molecule is c1ccc(-c2ccc(N(c3ccccc3)c3ccc(-c4ccc5c(c4)oc4c6ccc(-c7ccc(N(c8ccccc8)c8ccc(-c9ccccc9)cc8)cc7)cc6c6ccccc6c54)cc3)cc2)cc1.c1ccc(N(c2ccc(-c3ccc4c(c3)oc3c5ccc(-c6ccc(N(c7ccccc7)c7cccc8ccccc78)cc6)cc5c5ccccc5c43)cc2)c2cccc3ccccc23)cc1. The van der Waals surface area contributed by atoms with Crippen LogP contribution in [0.1, 0.15) is 0 Å². The summed E-state index contributed by atoms with van der Waals surface area (Å²) in [6.45, 7) is 0. The van der Waals surface area contributed by atoms with Crippen LogP contribution < -0.4 is 19.6 Å². The Hall–Kier alpha value is -18.4. The number of fused-ring (bicyclic) bond motifs is 18. The Kier molecular flexibility index (Phi) is 20.9. The van der Waals surface area contributed by atoms with Crippen LogP contribution in [0.2, 0.25) is 0 Å². The number of benzene rings is 24. The van der Waals surface area contributed by atoms with Gasteiger partial charge in [-0.3, -0.25) is 0 Å². The summed E-state index contributed by atoms with van der Waals surface area (Å²) in [7, 11) is 0. The molecule has 0 aliphatic heterocycles. The molecule has 0 aliphatic rings. The zero-order valence-corrected chi connectivity index (χ0v) is 75.4. The Balaban J connectivity index is 0.000000147. The highest BCUT2D eigenvalue weighted by Gasteiger charge is 2.25. The van der Waals surface area contributed by atoms with Crippen LogP contribution in [0.15, 0.2) is 543 Å². The van der Waals surface area contributed by atoms with Crippen LogP contribution in [0.5, 0.6) is 0 Å². The first-order chi connectivity index (χ1) is 68.4. The molecule has 0 amide bonds. The third kappa shape index (κ3) is 15.1. The zero-order valence-electron chi connectivity index (χ0n) is 75.4. The number of hydrogen-bond donors (Lipinski definition) is 0. The second-order valence-electron chi connectivity index (χ2n) is 35.3.